The maximum atomic E-state index is 5.57. The van der Waals surface area contributed by atoms with Crippen LogP contribution in [0, 0.1) is 0 Å². The van der Waals surface area contributed by atoms with Gasteiger partial charge in [-0.2, -0.15) is 5.10 Å². The molecule has 3 N–H and O–H groups in total. The maximum absolute atomic E-state index is 5.57. The molecule has 0 saturated carbocycles. The second kappa shape index (κ2) is 2.39. The molecule has 0 spiro atoms. The number of aromatic amines is 1. The van der Waals surface area contributed by atoms with Gasteiger partial charge < -0.3 is 5.73 Å². The third-order valence-corrected chi connectivity index (χ3v) is 2.37. The van der Waals surface area contributed by atoms with Crippen molar-refractivity contribution in [2.24, 2.45) is 0 Å². The smallest absolute Gasteiger partial charge is 0.0862 e. The Morgan fingerprint density at radius 1 is 1.45 bits per heavy atom. The number of nitrogens with two attached hydrogens (primary N) is 1. The van der Waals surface area contributed by atoms with Crippen LogP contribution in [0.1, 0.15) is 0 Å². The molecule has 0 bridgehead atoms. The Morgan fingerprint density at radius 3 is 2.91 bits per heavy atom. The van der Waals surface area contributed by atoms with E-state index in [1.54, 1.807) is 17.5 Å². The van der Waals surface area contributed by atoms with E-state index >= 15 is 0 Å². The van der Waals surface area contributed by atoms with E-state index in [0.717, 1.165) is 15.4 Å². The number of H-pyrrole nitrogens is 1. The van der Waals surface area contributed by atoms with Gasteiger partial charge in [-0.25, -0.2) is 0 Å². The average Bonchev–Trinajstić information content (AvgIpc) is 2.55. The van der Waals surface area contributed by atoms with Crippen LogP contribution >= 0.6 is 11.3 Å². The van der Waals surface area contributed by atoms with Crippen molar-refractivity contribution in [1.29, 1.82) is 0 Å². The zero-order chi connectivity index (χ0) is 7.68. The molecule has 0 radical (unpaired) electrons. The van der Waals surface area contributed by atoms with Gasteiger partial charge in [-0.3, -0.25) is 5.10 Å². The molecule has 0 aliphatic rings. The number of nitrogen functional groups attached to an aromatic ring is 1. The fourth-order valence-corrected chi connectivity index (χ4v) is 1.65. The Bertz CT molecular complexity index is 336. The van der Waals surface area contributed by atoms with Gasteiger partial charge in [0, 0.05) is 16.6 Å². The fraction of sp³-hybridized carbons (Fsp3) is 0. The zero-order valence-electron chi connectivity index (χ0n) is 5.74. The molecule has 0 aromatic carbocycles. The largest absolute Gasteiger partial charge is 0.391 e. The van der Waals surface area contributed by atoms with E-state index in [0.29, 0.717) is 0 Å². The summed E-state index contributed by atoms with van der Waals surface area (Å²) in [6.07, 6.45) is 3.64. The van der Waals surface area contributed by atoms with Crippen LogP contribution in [0.5, 0.6) is 0 Å². The topological polar surface area (TPSA) is 54.7 Å². The van der Waals surface area contributed by atoms with Crippen molar-refractivity contribution in [1.82, 2.24) is 10.2 Å². The first-order valence-corrected chi connectivity index (χ1v) is 4.02. The van der Waals surface area contributed by atoms with Gasteiger partial charge in [0.2, 0.25) is 0 Å². The van der Waals surface area contributed by atoms with Crippen LogP contribution in [0.4, 0.5) is 5.00 Å². The van der Waals surface area contributed by atoms with Gasteiger partial charge in [-0.05, 0) is 12.1 Å². The fourth-order valence-electron chi connectivity index (χ4n) is 0.894. The quantitative estimate of drug-likeness (QED) is 0.676. The van der Waals surface area contributed by atoms with E-state index < -0.39 is 0 Å². The summed E-state index contributed by atoms with van der Waals surface area (Å²) < 4.78 is 0. The number of rotatable bonds is 1. The van der Waals surface area contributed by atoms with Gasteiger partial charge in [0.1, 0.15) is 0 Å². The third kappa shape index (κ3) is 1.12. The number of nitrogens with one attached hydrogen (secondary N) is 1. The minimum absolute atomic E-state index is 0.834. The summed E-state index contributed by atoms with van der Waals surface area (Å²) in [5.41, 5.74) is 6.66. The summed E-state index contributed by atoms with van der Waals surface area (Å²) in [4.78, 5) is 1.15. The minimum Gasteiger partial charge on any atom is -0.391 e. The molecular weight excluding hydrogens is 158 g/mol. The molecule has 0 unspecified atom stereocenters. The molecule has 0 aliphatic heterocycles. The lowest BCUT2D eigenvalue weighted by molar-refractivity contribution is 1.09. The van der Waals surface area contributed by atoms with Gasteiger partial charge in [0.05, 0.1) is 11.2 Å². The van der Waals surface area contributed by atoms with Crippen molar-refractivity contribution < 1.29 is 0 Å². The third-order valence-electron chi connectivity index (χ3n) is 1.41. The van der Waals surface area contributed by atoms with Crippen molar-refractivity contribution in [3.8, 4) is 10.4 Å². The second-order valence-electron chi connectivity index (χ2n) is 2.19. The number of hydrogen-bond acceptors (Lipinski definition) is 3. The minimum atomic E-state index is 0.834. The summed E-state index contributed by atoms with van der Waals surface area (Å²) >= 11 is 1.56. The van der Waals surface area contributed by atoms with Crippen molar-refractivity contribution in [3.05, 3.63) is 24.5 Å². The average molecular weight is 165 g/mol. The number of hydrogen-bond donors (Lipinski definition) is 2. The summed E-state index contributed by atoms with van der Waals surface area (Å²) in [6.45, 7) is 0. The van der Waals surface area contributed by atoms with Gasteiger partial charge >= 0.3 is 0 Å². The standard InChI is InChI=1S/C7H7N3S/c8-7-2-1-6(11-7)5-3-9-10-4-5/h1-4H,8H2,(H,9,10). The van der Waals surface area contributed by atoms with Crippen molar-refractivity contribution in [3.63, 3.8) is 0 Å². The summed E-state index contributed by atoms with van der Waals surface area (Å²) in [5, 5.41) is 7.44. The van der Waals surface area contributed by atoms with Gasteiger partial charge in [0.25, 0.3) is 0 Å². The Hall–Kier alpha value is -1.29. The molecule has 3 nitrogen and oxygen atoms in total. The van der Waals surface area contributed by atoms with Crippen LogP contribution in [-0.2, 0) is 0 Å². The maximum Gasteiger partial charge on any atom is 0.0862 e. The lowest BCUT2D eigenvalue weighted by Crippen LogP contribution is -1.72. The SMILES string of the molecule is Nc1ccc(-c2cn[nH]c2)s1. The summed E-state index contributed by atoms with van der Waals surface area (Å²) in [5.74, 6) is 0. The van der Waals surface area contributed by atoms with Crippen LogP contribution in [0.3, 0.4) is 0 Å². The number of anilines is 1. The lowest BCUT2D eigenvalue weighted by atomic mass is 10.3. The van der Waals surface area contributed by atoms with E-state index in [-0.39, 0.29) is 0 Å². The lowest BCUT2D eigenvalue weighted by Gasteiger charge is -1.84. The van der Waals surface area contributed by atoms with Gasteiger partial charge in [-0.1, -0.05) is 0 Å². The molecule has 4 heteroatoms. The molecule has 2 aromatic rings. The molecule has 0 aliphatic carbocycles. The molecule has 0 fully saturated rings. The van der Waals surface area contributed by atoms with Crippen LogP contribution in [-0.4, -0.2) is 10.2 Å². The molecular formula is C7H7N3S. The Balaban J connectivity index is 2.45. The molecule has 11 heavy (non-hydrogen) atoms. The predicted molar refractivity (Wildman–Crippen MR) is 46.3 cm³/mol. The highest BCUT2D eigenvalue weighted by atomic mass is 32.1. The first-order chi connectivity index (χ1) is 5.36. The molecule has 0 amide bonds. The Kier molecular flexibility index (Phi) is 1.40. The van der Waals surface area contributed by atoms with E-state index in [9.17, 15) is 0 Å². The zero-order valence-corrected chi connectivity index (χ0v) is 6.56. The van der Waals surface area contributed by atoms with E-state index in [4.69, 9.17) is 5.73 Å². The molecule has 2 aromatic heterocycles. The molecule has 0 saturated heterocycles. The molecule has 56 valence electrons. The molecule has 2 heterocycles. The molecule has 0 atom stereocenters. The van der Waals surface area contributed by atoms with Crippen LogP contribution in [0.25, 0.3) is 10.4 Å². The van der Waals surface area contributed by atoms with Crippen molar-refractivity contribution in [2.45, 2.75) is 0 Å². The van der Waals surface area contributed by atoms with Crippen molar-refractivity contribution in [2.75, 3.05) is 5.73 Å². The van der Waals surface area contributed by atoms with Crippen LogP contribution in [0.2, 0.25) is 0 Å². The Morgan fingerprint density at radius 2 is 2.36 bits per heavy atom. The monoisotopic (exact) mass is 165 g/mol. The van der Waals surface area contributed by atoms with Crippen molar-refractivity contribution >= 4 is 16.3 Å². The number of thiophene rings is 1. The number of aromatic nitrogens is 2. The van der Waals surface area contributed by atoms with E-state index in [2.05, 4.69) is 10.2 Å². The molecule has 2 rings (SSSR count). The van der Waals surface area contributed by atoms with E-state index in [1.807, 2.05) is 18.3 Å². The highest BCUT2D eigenvalue weighted by molar-refractivity contribution is 7.19. The first-order valence-electron chi connectivity index (χ1n) is 3.21. The van der Waals surface area contributed by atoms with Gasteiger partial charge in [-0.15, -0.1) is 11.3 Å². The normalized spacial score (nSPS) is 10.2. The highest BCUT2D eigenvalue weighted by Crippen LogP contribution is 2.28. The second-order valence-corrected chi connectivity index (χ2v) is 3.30. The predicted octanol–water partition coefficient (Wildman–Crippen LogP) is 1.72. The van der Waals surface area contributed by atoms with Crippen LogP contribution in [0.15, 0.2) is 24.5 Å². The highest BCUT2D eigenvalue weighted by Gasteiger charge is 2.00. The summed E-state index contributed by atoms with van der Waals surface area (Å²) in [6, 6.07) is 3.89. The number of nitrogens with zero attached hydrogens (tertiary/aromatic N) is 1. The summed E-state index contributed by atoms with van der Waals surface area (Å²) in [7, 11) is 0. The van der Waals surface area contributed by atoms with Gasteiger partial charge in [0.15, 0.2) is 0 Å². The van der Waals surface area contributed by atoms with Crippen LogP contribution < -0.4 is 5.73 Å². The first kappa shape index (κ1) is 6.42. The van der Waals surface area contributed by atoms with E-state index in [1.165, 1.54) is 0 Å². The Labute approximate surface area is 67.9 Å².